The molecule has 1 aliphatic rings. The van der Waals surface area contributed by atoms with Crippen LogP contribution in [0.3, 0.4) is 0 Å². The summed E-state index contributed by atoms with van der Waals surface area (Å²) in [6.07, 6.45) is 0. The lowest BCUT2D eigenvalue weighted by Gasteiger charge is -2.18. The number of benzene rings is 2. The molecule has 166 valence electrons. The van der Waals surface area contributed by atoms with Gasteiger partial charge in [0.05, 0.1) is 12.8 Å². The highest BCUT2D eigenvalue weighted by atomic mass is 35.5. The molecule has 1 saturated heterocycles. The molecule has 1 aliphatic heterocycles. The number of hydrogen-bond acceptors (Lipinski definition) is 6. The van der Waals surface area contributed by atoms with E-state index in [0.29, 0.717) is 28.2 Å². The predicted molar refractivity (Wildman–Crippen MR) is 125 cm³/mol. The lowest BCUT2D eigenvalue weighted by molar-refractivity contribution is 0.0859. The fourth-order valence-electron chi connectivity index (χ4n) is 3.05. The number of carbonyl (C=O) groups excluding carboxylic acids is 1. The maximum absolute atomic E-state index is 13.3. The minimum atomic E-state index is -3.85. The third kappa shape index (κ3) is 5.23. The van der Waals surface area contributed by atoms with Crippen LogP contribution < -0.4 is 9.46 Å². The third-order valence-corrected chi connectivity index (χ3v) is 7.61. The molecule has 0 aliphatic carbocycles. The molecule has 0 bridgehead atoms. The molecule has 10 heteroatoms. The van der Waals surface area contributed by atoms with Gasteiger partial charge in [-0.15, -0.1) is 0 Å². The Labute approximate surface area is 191 Å². The van der Waals surface area contributed by atoms with E-state index in [1.54, 1.807) is 30.9 Å². The van der Waals surface area contributed by atoms with Crippen molar-refractivity contribution in [1.82, 2.24) is 9.62 Å². The number of halogens is 1. The molecule has 0 saturated carbocycles. The molecule has 0 radical (unpaired) electrons. The lowest BCUT2D eigenvalue weighted by atomic mass is 10.2. The second kappa shape index (κ2) is 9.60. The molecule has 1 amide bonds. The molecule has 0 aromatic heterocycles. The maximum atomic E-state index is 13.3. The minimum Gasteiger partial charge on any atom is -0.495 e. The normalized spacial score (nSPS) is 15.7. The standard InChI is InChI=1S/C21H24ClN3O4S2/c1-13(2)24-31(27,28)19-12-15(8-9-18(19)29-4)20(26)25-10-11-30-21(25)23-17-7-5-6-16(22)14(17)3/h5-9,12-13,24H,10-11H2,1-4H3. The number of aliphatic imine (C=N–C) groups is 1. The predicted octanol–water partition coefficient (Wildman–Crippen LogP) is 4.22. The molecular formula is C21H24ClN3O4S2. The summed E-state index contributed by atoms with van der Waals surface area (Å²) in [5.41, 5.74) is 1.76. The van der Waals surface area contributed by atoms with Crippen molar-refractivity contribution in [3.8, 4) is 5.75 Å². The Morgan fingerprint density at radius 2 is 2.03 bits per heavy atom. The number of nitrogens with zero attached hydrogens (tertiary/aromatic N) is 2. The summed E-state index contributed by atoms with van der Waals surface area (Å²) >= 11 is 7.65. The van der Waals surface area contributed by atoms with E-state index in [1.807, 2.05) is 19.1 Å². The Morgan fingerprint density at radius 1 is 1.29 bits per heavy atom. The fourth-order valence-corrected chi connectivity index (χ4v) is 5.62. The number of ether oxygens (including phenoxy) is 1. The second-order valence-corrected chi connectivity index (χ2v) is 10.4. The van der Waals surface area contributed by atoms with Crippen molar-refractivity contribution in [3.05, 3.63) is 52.5 Å². The van der Waals surface area contributed by atoms with Gasteiger partial charge in [0.15, 0.2) is 5.17 Å². The quantitative estimate of drug-likeness (QED) is 0.667. The van der Waals surface area contributed by atoms with Crippen molar-refractivity contribution < 1.29 is 17.9 Å². The second-order valence-electron chi connectivity index (χ2n) is 7.23. The molecule has 1 heterocycles. The van der Waals surface area contributed by atoms with E-state index in [0.717, 1.165) is 5.56 Å². The average molecular weight is 482 g/mol. The summed E-state index contributed by atoms with van der Waals surface area (Å²) in [5, 5.41) is 1.15. The number of amides is 1. The van der Waals surface area contributed by atoms with Crippen molar-refractivity contribution in [3.63, 3.8) is 0 Å². The average Bonchev–Trinajstić information content (AvgIpc) is 3.17. The van der Waals surface area contributed by atoms with Gasteiger partial charge in [0.25, 0.3) is 5.91 Å². The van der Waals surface area contributed by atoms with Crippen LogP contribution in [0.15, 0.2) is 46.3 Å². The van der Waals surface area contributed by atoms with Gasteiger partial charge in [0, 0.05) is 28.9 Å². The van der Waals surface area contributed by atoms with Gasteiger partial charge >= 0.3 is 0 Å². The Bertz CT molecular complexity index is 1130. The van der Waals surface area contributed by atoms with Gasteiger partial charge < -0.3 is 4.74 Å². The number of rotatable bonds is 6. The van der Waals surface area contributed by atoms with Gasteiger partial charge in [0.2, 0.25) is 10.0 Å². The smallest absolute Gasteiger partial charge is 0.259 e. The first-order valence-electron chi connectivity index (χ1n) is 9.63. The van der Waals surface area contributed by atoms with Crippen LogP contribution in [-0.4, -0.2) is 49.8 Å². The first kappa shape index (κ1) is 23.6. The van der Waals surface area contributed by atoms with E-state index in [-0.39, 0.29) is 28.2 Å². The highest BCUT2D eigenvalue weighted by Gasteiger charge is 2.29. The van der Waals surface area contributed by atoms with Crippen LogP contribution in [0, 0.1) is 6.92 Å². The van der Waals surface area contributed by atoms with Crippen LogP contribution in [-0.2, 0) is 10.0 Å². The van der Waals surface area contributed by atoms with Crippen molar-refractivity contribution in [2.75, 3.05) is 19.4 Å². The molecular weight excluding hydrogens is 458 g/mol. The minimum absolute atomic E-state index is 0.0782. The van der Waals surface area contributed by atoms with Crippen LogP contribution in [0.4, 0.5) is 5.69 Å². The summed E-state index contributed by atoms with van der Waals surface area (Å²) in [5.74, 6) is 0.538. The fraction of sp³-hybridized carbons (Fsp3) is 0.333. The zero-order valence-electron chi connectivity index (χ0n) is 17.7. The van der Waals surface area contributed by atoms with Crippen molar-refractivity contribution in [2.24, 2.45) is 4.99 Å². The number of methoxy groups -OCH3 is 1. The van der Waals surface area contributed by atoms with Gasteiger partial charge in [0.1, 0.15) is 10.6 Å². The van der Waals surface area contributed by atoms with Crippen LogP contribution in [0.5, 0.6) is 5.75 Å². The van der Waals surface area contributed by atoms with Gasteiger partial charge in [-0.3, -0.25) is 9.69 Å². The van der Waals surface area contributed by atoms with Gasteiger partial charge in [-0.1, -0.05) is 29.4 Å². The number of carbonyl (C=O) groups is 1. The topological polar surface area (TPSA) is 88.1 Å². The lowest BCUT2D eigenvalue weighted by Crippen LogP contribution is -2.33. The van der Waals surface area contributed by atoms with E-state index >= 15 is 0 Å². The zero-order valence-corrected chi connectivity index (χ0v) is 20.1. The molecule has 0 atom stereocenters. The van der Waals surface area contributed by atoms with E-state index < -0.39 is 10.0 Å². The SMILES string of the molecule is COc1ccc(C(=O)N2CCSC2=Nc2cccc(Cl)c2C)cc1S(=O)(=O)NC(C)C. The highest BCUT2D eigenvalue weighted by Crippen LogP contribution is 2.31. The Morgan fingerprint density at radius 3 is 2.71 bits per heavy atom. The van der Waals surface area contributed by atoms with Crippen LogP contribution in [0.25, 0.3) is 0 Å². The Kier molecular flexibility index (Phi) is 7.31. The number of amidine groups is 1. The van der Waals surface area contributed by atoms with E-state index in [2.05, 4.69) is 9.71 Å². The Hall–Kier alpha value is -2.07. The molecule has 0 unspecified atom stereocenters. The summed E-state index contributed by atoms with van der Waals surface area (Å²) in [7, 11) is -2.46. The number of nitrogens with one attached hydrogen (secondary N) is 1. The van der Waals surface area contributed by atoms with Crippen molar-refractivity contribution >= 4 is 50.1 Å². The summed E-state index contributed by atoms with van der Waals surface area (Å²) in [6.45, 7) is 5.79. The molecule has 2 aromatic carbocycles. The summed E-state index contributed by atoms with van der Waals surface area (Å²) < 4.78 is 33.2. The number of hydrogen-bond donors (Lipinski definition) is 1. The Balaban J connectivity index is 1.98. The van der Waals surface area contributed by atoms with Gasteiger partial charge in [-0.2, -0.15) is 0 Å². The molecule has 1 fully saturated rings. The van der Waals surface area contributed by atoms with Crippen LogP contribution in [0.2, 0.25) is 5.02 Å². The molecule has 7 nitrogen and oxygen atoms in total. The zero-order chi connectivity index (χ0) is 22.8. The molecule has 1 N–H and O–H groups in total. The van der Waals surface area contributed by atoms with Crippen LogP contribution >= 0.6 is 23.4 Å². The van der Waals surface area contributed by atoms with Crippen LogP contribution in [0.1, 0.15) is 29.8 Å². The third-order valence-electron chi connectivity index (χ3n) is 4.57. The van der Waals surface area contributed by atoms with Gasteiger partial charge in [-0.25, -0.2) is 18.1 Å². The molecule has 0 spiro atoms. The van der Waals surface area contributed by atoms with E-state index in [4.69, 9.17) is 16.3 Å². The summed E-state index contributed by atoms with van der Waals surface area (Å²) in [4.78, 5) is 19.4. The number of thioether (sulfide) groups is 1. The molecule has 3 rings (SSSR count). The largest absolute Gasteiger partial charge is 0.495 e. The monoisotopic (exact) mass is 481 g/mol. The maximum Gasteiger partial charge on any atom is 0.259 e. The van der Waals surface area contributed by atoms with E-state index in [9.17, 15) is 13.2 Å². The molecule has 31 heavy (non-hydrogen) atoms. The molecule has 2 aromatic rings. The van der Waals surface area contributed by atoms with E-state index in [1.165, 1.54) is 31.0 Å². The van der Waals surface area contributed by atoms with Crippen molar-refractivity contribution in [2.45, 2.75) is 31.7 Å². The highest BCUT2D eigenvalue weighted by molar-refractivity contribution is 8.14. The number of sulfonamides is 1. The first-order chi connectivity index (χ1) is 14.6. The van der Waals surface area contributed by atoms with Crippen molar-refractivity contribution in [1.29, 1.82) is 0 Å². The summed E-state index contributed by atoms with van der Waals surface area (Å²) in [6, 6.07) is 9.52. The van der Waals surface area contributed by atoms with Gasteiger partial charge in [-0.05, 0) is 56.7 Å². The first-order valence-corrected chi connectivity index (χ1v) is 12.5.